The molecule has 2 aliphatic rings. The fourth-order valence-electron chi connectivity index (χ4n) is 3.06. The molecule has 14 heavy (non-hydrogen) atoms. The lowest BCUT2D eigenvalue weighted by Crippen LogP contribution is -2.48. The molecule has 1 aliphatic heterocycles. The van der Waals surface area contributed by atoms with E-state index in [-0.39, 0.29) is 5.91 Å². The maximum absolute atomic E-state index is 11.2. The van der Waals surface area contributed by atoms with Gasteiger partial charge in [0.05, 0.1) is 6.54 Å². The van der Waals surface area contributed by atoms with E-state index < -0.39 is 0 Å². The van der Waals surface area contributed by atoms with Crippen LogP contribution in [0.3, 0.4) is 0 Å². The van der Waals surface area contributed by atoms with Crippen molar-refractivity contribution in [1.82, 2.24) is 10.3 Å². The molecule has 1 heterocycles. The standard InChI is InChI=1S/C10H19N3O/c11-12-9(14)8-13-7-3-6-10(13)4-1-2-5-10/h1-8,11H2,(H,12,14). The van der Waals surface area contributed by atoms with Gasteiger partial charge >= 0.3 is 0 Å². The Hall–Kier alpha value is -0.610. The van der Waals surface area contributed by atoms with Crippen molar-refractivity contribution in [2.75, 3.05) is 13.1 Å². The molecule has 1 saturated carbocycles. The largest absolute Gasteiger partial charge is 0.293 e. The van der Waals surface area contributed by atoms with Gasteiger partial charge in [-0.1, -0.05) is 12.8 Å². The molecule has 0 aromatic carbocycles. The highest BCUT2D eigenvalue weighted by Crippen LogP contribution is 2.42. The van der Waals surface area contributed by atoms with Gasteiger partial charge in [-0.2, -0.15) is 0 Å². The molecule has 1 amide bonds. The third kappa shape index (κ3) is 1.64. The third-order valence-corrected chi connectivity index (χ3v) is 3.77. The van der Waals surface area contributed by atoms with Crippen molar-refractivity contribution < 1.29 is 4.79 Å². The Labute approximate surface area is 84.8 Å². The third-order valence-electron chi connectivity index (χ3n) is 3.77. The van der Waals surface area contributed by atoms with Crippen molar-refractivity contribution in [2.24, 2.45) is 5.84 Å². The Morgan fingerprint density at radius 2 is 1.93 bits per heavy atom. The van der Waals surface area contributed by atoms with Crippen LogP contribution in [-0.4, -0.2) is 29.4 Å². The fourth-order valence-corrected chi connectivity index (χ4v) is 3.06. The molecule has 2 fully saturated rings. The van der Waals surface area contributed by atoms with Crippen molar-refractivity contribution in [2.45, 2.75) is 44.1 Å². The number of carbonyl (C=O) groups is 1. The van der Waals surface area contributed by atoms with Crippen LogP contribution >= 0.6 is 0 Å². The van der Waals surface area contributed by atoms with E-state index in [0.717, 1.165) is 6.54 Å². The van der Waals surface area contributed by atoms with Crippen molar-refractivity contribution in [3.63, 3.8) is 0 Å². The molecule has 4 nitrogen and oxygen atoms in total. The Balaban J connectivity index is 1.99. The number of nitrogens with zero attached hydrogens (tertiary/aromatic N) is 1. The quantitative estimate of drug-likeness (QED) is 0.382. The Morgan fingerprint density at radius 1 is 1.29 bits per heavy atom. The lowest BCUT2D eigenvalue weighted by molar-refractivity contribution is -0.123. The van der Waals surface area contributed by atoms with Crippen LogP contribution in [0.4, 0.5) is 0 Å². The monoisotopic (exact) mass is 197 g/mol. The zero-order valence-corrected chi connectivity index (χ0v) is 8.59. The number of hydrogen-bond donors (Lipinski definition) is 2. The molecule has 0 unspecified atom stereocenters. The summed E-state index contributed by atoms with van der Waals surface area (Å²) >= 11 is 0. The van der Waals surface area contributed by atoms with Crippen molar-refractivity contribution in [3.05, 3.63) is 0 Å². The normalized spacial score (nSPS) is 25.8. The molecule has 2 rings (SSSR count). The van der Waals surface area contributed by atoms with Gasteiger partial charge in [-0.05, 0) is 32.2 Å². The molecule has 0 aromatic rings. The summed E-state index contributed by atoms with van der Waals surface area (Å²) in [5.41, 5.74) is 2.57. The predicted octanol–water partition coefficient (Wildman–Crippen LogP) is 0.385. The van der Waals surface area contributed by atoms with E-state index in [2.05, 4.69) is 10.3 Å². The number of carbonyl (C=O) groups excluding carboxylic acids is 1. The minimum atomic E-state index is -0.0572. The summed E-state index contributed by atoms with van der Waals surface area (Å²) < 4.78 is 0. The molecule has 4 heteroatoms. The molecular formula is C10H19N3O. The summed E-state index contributed by atoms with van der Waals surface area (Å²) in [4.78, 5) is 13.6. The number of hydrazine groups is 1. The van der Waals surface area contributed by atoms with Gasteiger partial charge in [0, 0.05) is 5.54 Å². The summed E-state index contributed by atoms with van der Waals surface area (Å²) in [7, 11) is 0. The number of rotatable bonds is 2. The van der Waals surface area contributed by atoms with E-state index in [1.165, 1.54) is 38.5 Å². The lowest BCUT2D eigenvalue weighted by Gasteiger charge is -2.34. The van der Waals surface area contributed by atoms with Crippen LogP contribution in [0.1, 0.15) is 38.5 Å². The van der Waals surface area contributed by atoms with E-state index in [9.17, 15) is 4.79 Å². The van der Waals surface area contributed by atoms with Crippen LogP contribution in [0.25, 0.3) is 0 Å². The van der Waals surface area contributed by atoms with Crippen molar-refractivity contribution in [3.8, 4) is 0 Å². The molecule has 1 saturated heterocycles. The van der Waals surface area contributed by atoms with Gasteiger partial charge in [0.25, 0.3) is 0 Å². The second-order valence-electron chi connectivity index (χ2n) is 4.52. The molecule has 80 valence electrons. The summed E-state index contributed by atoms with van der Waals surface area (Å²) in [6, 6.07) is 0. The highest BCUT2D eigenvalue weighted by Gasteiger charge is 2.43. The van der Waals surface area contributed by atoms with Gasteiger partial charge in [-0.15, -0.1) is 0 Å². The first kappa shape index (κ1) is 9.93. The molecule has 0 bridgehead atoms. The molecule has 0 radical (unpaired) electrons. The molecule has 0 aromatic heterocycles. The minimum absolute atomic E-state index is 0.0572. The molecule has 1 spiro atoms. The highest BCUT2D eigenvalue weighted by atomic mass is 16.2. The highest BCUT2D eigenvalue weighted by molar-refractivity contribution is 5.77. The smallest absolute Gasteiger partial charge is 0.248 e. The minimum Gasteiger partial charge on any atom is -0.293 e. The van der Waals surface area contributed by atoms with Crippen LogP contribution in [0.5, 0.6) is 0 Å². The van der Waals surface area contributed by atoms with Crippen LogP contribution in [0.15, 0.2) is 0 Å². The van der Waals surface area contributed by atoms with E-state index >= 15 is 0 Å². The van der Waals surface area contributed by atoms with E-state index in [1.54, 1.807) is 0 Å². The lowest BCUT2D eigenvalue weighted by atomic mass is 9.94. The zero-order valence-electron chi connectivity index (χ0n) is 8.59. The van der Waals surface area contributed by atoms with Crippen molar-refractivity contribution >= 4 is 5.91 Å². The van der Waals surface area contributed by atoms with Crippen LogP contribution in [0.2, 0.25) is 0 Å². The van der Waals surface area contributed by atoms with Crippen molar-refractivity contribution in [1.29, 1.82) is 0 Å². The number of hydrogen-bond acceptors (Lipinski definition) is 3. The molecule has 1 aliphatic carbocycles. The Morgan fingerprint density at radius 3 is 2.57 bits per heavy atom. The first-order valence-corrected chi connectivity index (χ1v) is 5.51. The van der Waals surface area contributed by atoms with Gasteiger partial charge in [-0.25, -0.2) is 5.84 Å². The number of likely N-dealkylation sites (tertiary alicyclic amines) is 1. The summed E-state index contributed by atoms with van der Waals surface area (Å²) in [6.45, 7) is 1.55. The van der Waals surface area contributed by atoms with Crippen LogP contribution < -0.4 is 11.3 Å². The van der Waals surface area contributed by atoms with Gasteiger partial charge in [0.2, 0.25) is 5.91 Å². The van der Waals surface area contributed by atoms with E-state index in [0.29, 0.717) is 12.1 Å². The van der Waals surface area contributed by atoms with Crippen LogP contribution in [-0.2, 0) is 4.79 Å². The zero-order chi connectivity index (χ0) is 10.0. The maximum Gasteiger partial charge on any atom is 0.248 e. The average molecular weight is 197 g/mol. The molecule has 0 atom stereocenters. The Bertz CT molecular complexity index is 218. The topological polar surface area (TPSA) is 58.4 Å². The average Bonchev–Trinajstić information content (AvgIpc) is 2.79. The van der Waals surface area contributed by atoms with E-state index in [4.69, 9.17) is 5.84 Å². The number of nitrogens with one attached hydrogen (secondary N) is 1. The van der Waals surface area contributed by atoms with E-state index in [1.807, 2.05) is 0 Å². The number of amides is 1. The van der Waals surface area contributed by atoms with Gasteiger partial charge < -0.3 is 0 Å². The Kier molecular flexibility index (Phi) is 2.74. The second kappa shape index (κ2) is 3.87. The van der Waals surface area contributed by atoms with Crippen LogP contribution in [0, 0.1) is 0 Å². The first-order chi connectivity index (χ1) is 6.77. The summed E-state index contributed by atoms with van der Waals surface area (Å²) in [5.74, 6) is 5.05. The van der Waals surface area contributed by atoms with Gasteiger partial charge in [-0.3, -0.25) is 15.1 Å². The molecular weight excluding hydrogens is 178 g/mol. The SMILES string of the molecule is NNC(=O)CN1CCCC12CCCC2. The number of nitrogens with two attached hydrogens (primary N) is 1. The molecule has 3 N–H and O–H groups in total. The summed E-state index contributed by atoms with van der Waals surface area (Å²) in [5, 5.41) is 0. The van der Waals surface area contributed by atoms with Gasteiger partial charge in [0.1, 0.15) is 0 Å². The predicted molar refractivity (Wildman–Crippen MR) is 54.3 cm³/mol. The maximum atomic E-state index is 11.2. The first-order valence-electron chi connectivity index (χ1n) is 5.51. The second-order valence-corrected chi connectivity index (χ2v) is 4.52. The summed E-state index contributed by atoms with van der Waals surface area (Å²) in [6.07, 6.45) is 7.68. The van der Waals surface area contributed by atoms with Gasteiger partial charge in [0.15, 0.2) is 0 Å². The fraction of sp³-hybridized carbons (Fsp3) is 0.900.